The average Bonchev–Trinajstić information content (AvgIpc) is 2.04. The SMILES string of the molecule is [CH2]C(C)c1cc(Cl)ccc1OC. The minimum Gasteiger partial charge on any atom is -0.496 e. The maximum absolute atomic E-state index is 5.83. The van der Waals surface area contributed by atoms with Crippen molar-refractivity contribution in [3.63, 3.8) is 0 Å². The molecule has 1 radical (unpaired) electrons. The lowest BCUT2D eigenvalue weighted by molar-refractivity contribution is 0.408. The zero-order valence-corrected chi connectivity index (χ0v) is 8.06. The molecule has 1 aromatic carbocycles. The van der Waals surface area contributed by atoms with Gasteiger partial charge in [-0.05, 0) is 36.6 Å². The van der Waals surface area contributed by atoms with Crippen molar-refractivity contribution >= 4 is 11.6 Å². The van der Waals surface area contributed by atoms with Gasteiger partial charge >= 0.3 is 0 Å². The Balaban J connectivity index is 3.12. The van der Waals surface area contributed by atoms with Crippen molar-refractivity contribution in [1.82, 2.24) is 0 Å². The van der Waals surface area contributed by atoms with E-state index >= 15 is 0 Å². The quantitative estimate of drug-likeness (QED) is 0.684. The molecule has 0 saturated heterocycles. The molecule has 2 heteroatoms. The largest absolute Gasteiger partial charge is 0.496 e. The Bertz CT molecular complexity index is 269. The predicted octanol–water partition coefficient (Wildman–Crippen LogP) is 3.29. The summed E-state index contributed by atoms with van der Waals surface area (Å²) in [5.74, 6) is 1.04. The molecule has 0 saturated carbocycles. The van der Waals surface area contributed by atoms with Gasteiger partial charge < -0.3 is 4.74 Å². The number of benzene rings is 1. The van der Waals surface area contributed by atoms with E-state index in [2.05, 4.69) is 6.92 Å². The Hall–Kier alpha value is -0.690. The molecule has 65 valence electrons. The molecule has 0 fully saturated rings. The molecule has 0 bridgehead atoms. The molecule has 1 nitrogen and oxygen atoms in total. The van der Waals surface area contributed by atoms with E-state index in [4.69, 9.17) is 16.3 Å². The first kappa shape index (κ1) is 9.40. The van der Waals surface area contributed by atoms with Crippen LogP contribution in [0.1, 0.15) is 18.4 Å². The predicted molar refractivity (Wildman–Crippen MR) is 51.8 cm³/mol. The third kappa shape index (κ3) is 1.92. The van der Waals surface area contributed by atoms with E-state index in [9.17, 15) is 0 Å². The second-order valence-corrected chi connectivity index (χ2v) is 3.22. The fourth-order valence-electron chi connectivity index (χ4n) is 1.09. The van der Waals surface area contributed by atoms with E-state index < -0.39 is 0 Å². The van der Waals surface area contributed by atoms with E-state index in [-0.39, 0.29) is 5.92 Å². The van der Waals surface area contributed by atoms with Crippen molar-refractivity contribution in [2.24, 2.45) is 0 Å². The average molecular weight is 184 g/mol. The first-order valence-electron chi connectivity index (χ1n) is 3.81. The number of rotatable bonds is 2. The lowest BCUT2D eigenvalue weighted by Gasteiger charge is -2.11. The topological polar surface area (TPSA) is 9.23 Å². The Kier molecular flexibility index (Phi) is 2.99. The van der Waals surface area contributed by atoms with Crippen LogP contribution in [0.15, 0.2) is 18.2 Å². The van der Waals surface area contributed by atoms with Gasteiger partial charge in [0.15, 0.2) is 0 Å². The molecule has 0 spiro atoms. The summed E-state index contributed by atoms with van der Waals surface area (Å²) in [5, 5.41) is 0.723. The highest BCUT2D eigenvalue weighted by molar-refractivity contribution is 6.30. The van der Waals surface area contributed by atoms with E-state index in [0.29, 0.717) is 0 Å². The maximum Gasteiger partial charge on any atom is 0.122 e. The minimum absolute atomic E-state index is 0.193. The molecule has 0 heterocycles. The van der Waals surface area contributed by atoms with Crippen molar-refractivity contribution in [3.8, 4) is 5.75 Å². The second kappa shape index (κ2) is 3.81. The summed E-state index contributed by atoms with van der Waals surface area (Å²) in [6.45, 7) is 5.93. The van der Waals surface area contributed by atoms with Gasteiger partial charge in [0, 0.05) is 5.02 Å². The van der Waals surface area contributed by atoms with Gasteiger partial charge in [0.25, 0.3) is 0 Å². The van der Waals surface area contributed by atoms with Gasteiger partial charge in [0.2, 0.25) is 0 Å². The van der Waals surface area contributed by atoms with Crippen molar-refractivity contribution in [1.29, 1.82) is 0 Å². The van der Waals surface area contributed by atoms with Gasteiger partial charge in [0.05, 0.1) is 7.11 Å². The summed E-state index contributed by atoms with van der Waals surface area (Å²) >= 11 is 5.83. The van der Waals surface area contributed by atoms with Crippen molar-refractivity contribution in [2.75, 3.05) is 7.11 Å². The number of ether oxygens (including phenoxy) is 1. The van der Waals surface area contributed by atoms with Crippen LogP contribution in [0.5, 0.6) is 5.75 Å². The molecule has 1 rings (SSSR count). The lowest BCUT2D eigenvalue weighted by Crippen LogP contribution is -1.93. The van der Waals surface area contributed by atoms with E-state index in [0.717, 1.165) is 16.3 Å². The number of halogens is 1. The monoisotopic (exact) mass is 183 g/mol. The van der Waals surface area contributed by atoms with Crippen LogP contribution in [0, 0.1) is 6.92 Å². The van der Waals surface area contributed by atoms with Crippen LogP contribution in [0.25, 0.3) is 0 Å². The highest BCUT2D eigenvalue weighted by Gasteiger charge is 2.06. The van der Waals surface area contributed by atoms with Crippen molar-refractivity contribution in [2.45, 2.75) is 12.8 Å². The first-order valence-corrected chi connectivity index (χ1v) is 4.19. The Morgan fingerprint density at radius 1 is 1.50 bits per heavy atom. The van der Waals surface area contributed by atoms with E-state index in [1.54, 1.807) is 7.11 Å². The van der Waals surface area contributed by atoms with Crippen LogP contribution < -0.4 is 4.74 Å². The zero-order valence-electron chi connectivity index (χ0n) is 7.30. The van der Waals surface area contributed by atoms with Crippen molar-refractivity contribution in [3.05, 3.63) is 35.7 Å². The normalized spacial score (nSPS) is 10.4. The van der Waals surface area contributed by atoms with E-state index in [1.165, 1.54) is 0 Å². The third-order valence-corrected chi connectivity index (χ3v) is 1.96. The molecular weight excluding hydrogens is 172 g/mol. The summed E-state index contributed by atoms with van der Waals surface area (Å²) in [4.78, 5) is 0. The Morgan fingerprint density at radius 2 is 2.17 bits per heavy atom. The molecule has 12 heavy (non-hydrogen) atoms. The lowest BCUT2D eigenvalue weighted by atomic mass is 10.0. The molecule has 0 aliphatic heterocycles. The minimum atomic E-state index is 0.193. The fourth-order valence-corrected chi connectivity index (χ4v) is 1.27. The van der Waals surface area contributed by atoms with Crippen molar-refractivity contribution < 1.29 is 4.74 Å². The summed E-state index contributed by atoms with van der Waals surface area (Å²) < 4.78 is 5.16. The number of hydrogen-bond acceptors (Lipinski definition) is 1. The summed E-state index contributed by atoms with van der Waals surface area (Å²) in [6, 6.07) is 5.56. The molecule has 0 aliphatic carbocycles. The van der Waals surface area contributed by atoms with Gasteiger partial charge in [-0.1, -0.05) is 18.5 Å². The first-order chi connectivity index (χ1) is 5.65. The molecule has 1 aromatic rings. The summed E-state index contributed by atoms with van der Waals surface area (Å²) in [5.41, 5.74) is 1.05. The van der Waals surface area contributed by atoms with Crippen LogP contribution in [0.2, 0.25) is 5.02 Å². The Labute approximate surface area is 78.3 Å². The highest BCUT2D eigenvalue weighted by atomic mass is 35.5. The molecule has 1 atom stereocenters. The zero-order chi connectivity index (χ0) is 9.14. The summed E-state index contributed by atoms with van der Waals surface area (Å²) in [6.07, 6.45) is 0. The van der Waals surface area contributed by atoms with Gasteiger partial charge in [-0.15, -0.1) is 0 Å². The van der Waals surface area contributed by atoms with Crippen LogP contribution in [0.4, 0.5) is 0 Å². The number of methoxy groups -OCH3 is 1. The molecule has 1 unspecified atom stereocenters. The van der Waals surface area contributed by atoms with Crippen LogP contribution in [-0.4, -0.2) is 7.11 Å². The molecular formula is C10H12ClO. The van der Waals surface area contributed by atoms with Gasteiger partial charge in [0.1, 0.15) is 5.75 Å². The molecule has 0 aromatic heterocycles. The smallest absolute Gasteiger partial charge is 0.122 e. The standard InChI is InChI=1S/C10H12ClO/c1-7(2)9-6-8(11)4-5-10(9)12-3/h4-7H,1H2,2-3H3. The highest BCUT2D eigenvalue weighted by Crippen LogP contribution is 2.28. The third-order valence-electron chi connectivity index (χ3n) is 1.72. The van der Waals surface area contributed by atoms with Gasteiger partial charge in [-0.3, -0.25) is 0 Å². The van der Waals surface area contributed by atoms with E-state index in [1.807, 2.05) is 25.1 Å². The van der Waals surface area contributed by atoms with Gasteiger partial charge in [-0.2, -0.15) is 0 Å². The van der Waals surface area contributed by atoms with Gasteiger partial charge in [-0.25, -0.2) is 0 Å². The molecule has 0 N–H and O–H groups in total. The van der Waals surface area contributed by atoms with Crippen LogP contribution in [-0.2, 0) is 0 Å². The van der Waals surface area contributed by atoms with Crippen LogP contribution in [0.3, 0.4) is 0 Å². The Morgan fingerprint density at radius 3 is 2.67 bits per heavy atom. The second-order valence-electron chi connectivity index (χ2n) is 2.79. The molecule has 0 aliphatic rings. The molecule has 0 amide bonds. The fraction of sp³-hybridized carbons (Fsp3) is 0.300. The van der Waals surface area contributed by atoms with Crippen LogP contribution >= 0.6 is 11.6 Å². The number of hydrogen-bond donors (Lipinski definition) is 0. The maximum atomic E-state index is 5.83. The summed E-state index contributed by atoms with van der Waals surface area (Å²) in [7, 11) is 1.65.